The van der Waals surface area contributed by atoms with Crippen LogP contribution in [0.15, 0.2) is 73.3 Å². The highest BCUT2D eigenvalue weighted by atomic mass is 19.4. The molecule has 5 rings (SSSR count). The first-order valence-corrected chi connectivity index (χ1v) is 11.2. The zero-order chi connectivity index (χ0) is 25.3. The molecule has 1 fully saturated rings. The fourth-order valence-electron chi connectivity index (χ4n) is 4.15. The number of anilines is 1. The average Bonchev–Trinajstić information content (AvgIpc) is 3.68. The second-order valence-electron chi connectivity index (χ2n) is 8.53. The molecule has 182 valence electrons. The maximum Gasteiger partial charge on any atom is 0.418 e. The second kappa shape index (κ2) is 9.37. The molecule has 0 unspecified atom stereocenters. The Morgan fingerprint density at radius 2 is 1.81 bits per heavy atom. The number of amides is 2. The smallest absolute Gasteiger partial charge is 0.345 e. The lowest BCUT2D eigenvalue weighted by Gasteiger charge is -2.12. The van der Waals surface area contributed by atoms with E-state index in [0.717, 1.165) is 11.8 Å². The van der Waals surface area contributed by atoms with Gasteiger partial charge in [-0.2, -0.15) is 13.2 Å². The Balaban J connectivity index is 1.25. The summed E-state index contributed by atoms with van der Waals surface area (Å²) in [4.78, 5) is 37.2. The maximum absolute atomic E-state index is 13.4. The van der Waals surface area contributed by atoms with Gasteiger partial charge < -0.3 is 10.6 Å². The Morgan fingerprint density at radius 3 is 2.58 bits per heavy atom. The zero-order valence-corrected chi connectivity index (χ0v) is 18.8. The molecule has 2 amide bonds. The molecule has 2 N–H and O–H groups in total. The molecule has 2 heterocycles. The Bertz CT molecular complexity index is 1440. The summed E-state index contributed by atoms with van der Waals surface area (Å²) in [6, 6.07) is 13.1. The van der Waals surface area contributed by atoms with Crippen LogP contribution in [-0.2, 0) is 17.5 Å². The molecular formula is C26H20F3N5O2. The van der Waals surface area contributed by atoms with Crippen molar-refractivity contribution in [1.29, 1.82) is 0 Å². The van der Waals surface area contributed by atoms with Crippen LogP contribution < -0.4 is 10.6 Å². The molecule has 0 saturated heterocycles. The van der Waals surface area contributed by atoms with Crippen molar-refractivity contribution < 1.29 is 22.8 Å². The van der Waals surface area contributed by atoms with Gasteiger partial charge in [0, 0.05) is 47.3 Å². The van der Waals surface area contributed by atoms with E-state index >= 15 is 0 Å². The largest absolute Gasteiger partial charge is 0.418 e. The molecule has 4 aromatic rings. The van der Waals surface area contributed by atoms with Gasteiger partial charge in [-0.1, -0.05) is 18.2 Å². The third kappa shape index (κ3) is 5.02. The molecule has 36 heavy (non-hydrogen) atoms. The molecule has 2 aromatic heterocycles. The van der Waals surface area contributed by atoms with Crippen molar-refractivity contribution in [3.8, 4) is 0 Å². The van der Waals surface area contributed by atoms with Crippen molar-refractivity contribution in [2.45, 2.75) is 25.1 Å². The number of benzene rings is 2. The number of carbonyl (C=O) groups excluding carboxylic acids is 2. The number of hydrogen-bond donors (Lipinski definition) is 2. The first kappa shape index (κ1) is 23.4. The highest BCUT2D eigenvalue weighted by Crippen LogP contribution is 2.48. The highest BCUT2D eigenvalue weighted by Gasteiger charge is 2.44. The average molecular weight is 491 g/mol. The van der Waals surface area contributed by atoms with Crippen molar-refractivity contribution in [3.05, 3.63) is 95.8 Å². The topological polar surface area (TPSA) is 96.9 Å². The third-order valence-corrected chi connectivity index (χ3v) is 6.06. The van der Waals surface area contributed by atoms with Crippen LogP contribution in [0.3, 0.4) is 0 Å². The monoisotopic (exact) mass is 491 g/mol. The number of halogens is 3. The molecule has 0 aliphatic heterocycles. The summed E-state index contributed by atoms with van der Waals surface area (Å²) in [5, 5.41) is 5.81. The summed E-state index contributed by atoms with van der Waals surface area (Å²) in [5.41, 5.74) is 0.737. The number of aromatic nitrogens is 3. The van der Waals surface area contributed by atoms with Gasteiger partial charge >= 0.3 is 6.18 Å². The summed E-state index contributed by atoms with van der Waals surface area (Å²) < 4.78 is 40.1. The van der Waals surface area contributed by atoms with Gasteiger partial charge in [0.2, 0.25) is 5.91 Å². The minimum absolute atomic E-state index is 0.0257. The Labute approximate surface area is 203 Å². The van der Waals surface area contributed by atoms with Gasteiger partial charge in [0.1, 0.15) is 5.82 Å². The predicted molar refractivity (Wildman–Crippen MR) is 126 cm³/mol. The molecule has 10 heteroatoms. The Kier molecular flexibility index (Phi) is 6.09. The Morgan fingerprint density at radius 1 is 1.00 bits per heavy atom. The quantitative estimate of drug-likeness (QED) is 0.407. The molecule has 0 spiro atoms. The van der Waals surface area contributed by atoms with E-state index in [1.165, 1.54) is 18.3 Å². The number of nitrogens with zero attached hydrogens (tertiary/aromatic N) is 3. The van der Waals surface area contributed by atoms with E-state index in [1.54, 1.807) is 42.7 Å². The predicted octanol–water partition coefficient (Wildman–Crippen LogP) is 4.72. The lowest BCUT2D eigenvalue weighted by molar-refractivity contribution is -0.136. The van der Waals surface area contributed by atoms with Crippen LogP contribution in [0.2, 0.25) is 0 Å². The summed E-state index contributed by atoms with van der Waals surface area (Å²) >= 11 is 0. The van der Waals surface area contributed by atoms with Crippen molar-refractivity contribution in [1.82, 2.24) is 20.3 Å². The van der Waals surface area contributed by atoms with Gasteiger partial charge in [-0.3, -0.25) is 14.6 Å². The molecule has 0 radical (unpaired) electrons. The van der Waals surface area contributed by atoms with Crippen molar-refractivity contribution >= 4 is 28.3 Å². The minimum Gasteiger partial charge on any atom is -0.345 e. The van der Waals surface area contributed by atoms with E-state index in [9.17, 15) is 22.8 Å². The standard InChI is InChI=1S/C26H20F3N5O2/c27-26(28,29)22-13-30-12-17-5-6-18(10-20(17)22)34-25(36)21-11-19(21)15-3-1-4-16(9-15)24(35)33-14-23-31-7-2-8-32-23/h1-10,12-13,19,21H,11,14H2,(H,33,35)(H,34,36)/t19-,21+/m0/s1. The lowest BCUT2D eigenvalue weighted by atomic mass is 10.0. The Hall–Kier alpha value is -4.34. The molecule has 1 aliphatic rings. The number of hydrogen-bond acceptors (Lipinski definition) is 5. The first-order valence-electron chi connectivity index (χ1n) is 11.2. The van der Waals surface area contributed by atoms with E-state index in [4.69, 9.17) is 0 Å². The van der Waals surface area contributed by atoms with E-state index in [-0.39, 0.29) is 41.3 Å². The van der Waals surface area contributed by atoms with Crippen molar-refractivity contribution in [2.24, 2.45) is 5.92 Å². The molecule has 0 bridgehead atoms. The number of carbonyl (C=O) groups is 2. The van der Waals surface area contributed by atoms with Gasteiger partial charge in [-0.25, -0.2) is 9.97 Å². The lowest BCUT2D eigenvalue weighted by Crippen LogP contribution is -2.24. The zero-order valence-electron chi connectivity index (χ0n) is 18.8. The fourth-order valence-corrected chi connectivity index (χ4v) is 4.15. The normalized spacial score (nSPS) is 17.0. The van der Waals surface area contributed by atoms with Crippen LogP contribution in [0.5, 0.6) is 0 Å². The fraction of sp³-hybridized carbons (Fsp3) is 0.192. The van der Waals surface area contributed by atoms with Gasteiger partial charge in [0.25, 0.3) is 5.91 Å². The van der Waals surface area contributed by atoms with E-state index in [1.807, 2.05) is 6.07 Å². The van der Waals surface area contributed by atoms with Gasteiger partial charge in [0.15, 0.2) is 0 Å². The molecule has 7 nitrogen and oxygen atoms in total. The van der Waals surface area contributed by atoms with E-state index < -0.39 is 11.7 Å². The maximum atomic E-state index is 13.4. The van der Waals surface area contributed by atoms with Crippen LogP contribution in [0.25, 0.3) is 10.8 Å². The summed E-state index contributed by atoms with van der Waals surface area (Å²) in [7, 11) is 0. The second-order valence-corrected chi connectivity index (χ2v) is 8.53. The van der Waals surface area contributed by atoms with Crippen LogP contribution in [0.1, 0.15) is 39.6 Å². The molecule has 1 aliphatic carbocycles. The van der Waals surface area contributed by atoms with Crippen LogP contribution in [0, 0.1) is 5.92 Å². The number of rotatable bonds is 6. The van der Waals surface area contributed by atoms with Crippen LogP contribution in [0.4, 0.5) is 18.9 Å². The number of alkyl halides is 3. The molecule has 2 atom stereocenters. The number of nitrogens with one attached hydrogen (secondary N) is 2. The van der Waals surface area contributed by atoms with Gasteiger partial charge in [0.05, 0.1) is 12.1 Å². The molecular weight excluding hydrogens is 471 g/mol. The van der Waals surface area contributed by atoms with E-state index in [2.05, 4.69) is 25.6 Å². The number of pyridine rings is 1. The number of fused-ring (bicyclic) bond motifs is 1. The van der Waals surface area contributed by atoms with E-state index in [0.29, 0.717) is 23.2 Å². The van der Waals surface area contributed by atoms with Crippen LogP contribution in [-0.4, -0.2) is 26.8 Å². The summed E-state index contributed by atoms with van der Waals surface area (Å²) in [6.07, 6.45) is 1.35. The third-order valence-electron chi connectivity index (χ3n) is 6.06. The summed E-state index contributed by atoms with van der Waals surface area (Å²) in [5.74, 6) is -0.481. The van der Waals surface area contributed by atoms with Crippen LogP contribution >= 0.6 is 0 Å². The summed E-state index contributed by atoms with van der Waals surface area (Å²) in [6.45, 7) is 0.191. The molecule has 1 saturated carbocycles. The highest BCUT2D eigenvalue weighted by molar-refractivity contribution is 5.98. The minimum atomic E-state index is -4.55. The van der Waals surface area contributed by atoms with Gasteiger partial charge in [-0.05, 0) is 53.6 Å². The SMILES string of the molecule is O=C(NCc1ncccn1)c1cccc([C@@H]2C[C@H]2C(=O)Nc2ccc3cncc(C(F)(F)F)c3c2)c1. The van der Waals surface area contributed by atoms with Crippen molar-refractivity contribution in [2.75, 3.05) is 5.32 Å². The first-order chi connectivity index (χ1) is 17.3. The molecule has 2 aromatic carbocycles. The van der Waals surface area contributed by atoms with Crippen molar-refractivity contribution in [3.63, 3.8) is 0 Å². The van der Waals surface area contributed by atoms with Gasteiger partial charge in [-0.15, -0.1) is 0 Å².